The van der Waals surface area contributed by atoms with Crippen LogP contribution in [0.25, 0.3) is 11.5 Å². The Morgan fingerprint density at radius 3 is 2.70 bits per heavy atom. The molecule has 2 aromatic heterocycles. The number of nitrogens with one attached hydrogen (secondary N) is 2. The highest BCUT2D eigenvalue weighted by atomic mass is 16.3. The van der Waals surface area contributed by atoms with Gasteiger partial charge in [0.15, 0.2) is 5.96 Å². The van der Waals surface area contributed by atoms with Gasteiger partial charge in [0, 0.05) is 37.0 Å². The van der Waals surface area contributed by atoms with Crippen molar-refractivity contribution in [1.29, 1.82) is 0 Å². The van der Waals surface area contributed by atoms with Gasteiger partial charge in [-0.1, -0.05) is 24.3 Å². The molecule has 0 aliphatic carbocycles. The molecule has 7 nitrogen and oxygen atoms in total. The molecule has 30 heavy (non-hydrogen) atoms. The third kappa shape index (κ3) is 6.07. The number of aliphatic imine (C=N–C) groups is 1. The van der Waals surface area contributed by atoms with E-state index in [-0.39, 0.29) is 5.56 Å². The highest BCUT2D eigenvalue weighted by Crippen LogP contribution is 2.18. The van der Waals surface area contributed by atoms with Crippen molar-refractivity contribution in [3.05, 3.63) is 76.5 Å². The van der Waals surface area contributed by atoms with Crippen molar-refractivity contribution >= 4 is 5.96 Å². The fourth-order valence-electron chi connectivity index (χ4n) is 3.11. The van der Waals surface area contributed by atoms with Crippen LogP contribution < -0.4 is 16.2 Å². The Morgan fingerprint density at radius 2 is 1.93 bits per heavy atom. The summed E-state index contributed by atoms with van der Waals surface area (Å²) in [5.74, 6) is 1.35. The second-order valence-corrected chi connectivity index (χ2v) is 7.00. The summed E-state index contributed by atoms with van der Waals surface area (Å²) in [5.41, 5.74) is 2.78. The summed E-state index contributed by atoms with van der Waals surface area (Å²) in [7, 11) is 0. The summed E-state index contributed by atoms with van der Waals surface area (Å²) < 4.78 is 7.38. The van der Waals surface area contributed by atoms with Gasteiger partial charge in [-0.15, -0.1) is 0 Å². The molecule has 1 aromatic carbocycles. The van der Waals surface area contributed by atoms with Gasteiger partial charge in [-0.25, -0.2) is 9.98 Å². The van der Waals surface area contributed by atoms with Gasteiger partial charge in [0.2, 0.25) is 5.89 Å². The number of hydrogen-bond donors (Lipinski definition) is 2. The third-order valence-corrected chi connectivity index (χ3v) is 4.68. The number of aromatic nitrogens is 2. The summed E-state index contributed by atoms with van der Waals surface area (Å²) in [5, 5.41) is 6.58. The fraction of sp³-hybridized carbons (Fsp3) is 0.348. The molecule has 0 radical (unpaired) electrons. The largest absolute Gasteiger partial charge is 0.444 e. The molecule has 3 rings (SSSR count). The van der Waals surface area contributed by atoms with E-state index in [1.165, 1.54) is 0 Å². The highest BCUT2D eigenvalue weighted by molar-refractivity contribution is 5.79. The van der Waals surface area contributed by atoms with Crippen LogP contribution in [0.1, 0.15) is 31.2 Å². The van der Waals surface area contributed by atoms with Crippen molar-refractivity contribution in [3.63, 3.8) is 0 Å². The van der Waals surface area contributed by atoms with Crippen LogP contribution in [0.4, 0.5) is 0 Å². The van der Waals surface area contributed by atoms with Crippen molar-refractivity contribution in [2.24, 2.45) is 4.99 Å². The molecule has 0 bridgehead atoms. The lowest BCUT2D eigenvalue weighted by molar-refractivity contribution is 0.572. The second kappa shape index (κ2) is 11.0. The van der Waals surface area contributed by atoms with Crippen molar-refractivity contribution in [2.45, 2.75) is 39.8 Å². The van der Waals surface area contributed by atoms with E-state index in [4.69, 9.17) is 4.42 Å². The normalized spacial score (nSPS) is 11.5. The minimum absolute atomic E-state index is 0.0559. The molecular weight excluding hydrogens is 378 g/mol. The number of nitrogens with zero attached hydrogens (tertiary/aromatic N) is 3. The molecule has 0 aliphatic rings. The zero-order valence-corrected chi connectivity index (χ0v) is 17.6. The number of unbranched alkanes of at least 4 members (excludes halogenated alkanes) is 1. The molecule has 0 saturated carbocycles. The molecule has 0 atom stereocenters. The number of rotatable bonds is 9. The van der Waals surface area contributed by atoms with Crippen molar-refractivity contribution in [2.75, 3.05) is 13.1 Å². The Balaban J connectivity index is 1.48. The average molecular weight is 408 g/mol. The average Bonchev–Trinajstić information content (AvgIpc) is 3.23. The second-order valence-electron chi connectivity index (χ2n) is 7.00. The Bertz CT molecular complexity index is 1010. The fourth-order valence-corrected chi connectivity index (χ4v) is 3.11. The van der Waals surface area contributed by atoms with Crippen LogP contribution in [0.3, 0.4) is 0 Å². The van der Waals surface area contributed by atoms with Crippen LogP contribution in [-0.4, -0.2) is 28.6 Å². The summed E-state index contributed by atoms with van der Waals surface area (Å²) >= 11 is 0. The van der Waals surface area contributed by atoms with E-state index in [1.54, 1.807) is 18.4 Å². The van der Waals surface area contributed by atoms with Crippen molar-refractivity contribution < 1.29 is 4.42 Å². The molecule has 0 saturated heterocycles. The van der Waals surface area contributed by atoms with Gasteiger partial charge >= 0.3 is 0 Å². The van der Waals surface area contributed by atoms with Crippen LogP contribution >= 0.6 is 0 Å². The lowest BCUT2D eigenvalue weighted by Gasteiger charge is -2.12. The Hall–Kier alpha value is -3.35. The molecule has 0 unspecified atom stereocenters. The molecule has 0 aliphatic heterocycles. The van der Waals surface area contributed by atoms with Gasteiger partial charge in [-0.05, 0) is 44.9 Å². The van der Waals surface area contributed by atoms with Crippen molar-refractivity contribution in [1.82, 2.24) is 20.2 Å². The van der Waals surface area contributed by atoms with E-state index >= 15 is 0 Å². The third-order valence-electron chi connectivity index (χ3n) is 4.68. The minimum atomic E-state index is 0.0559. The number of benzene rings is 1. The Labute approximate surface area is 176 Å². The minimum Gasteiger partial charge on any atom is -0.444 e. The van der Waals surface area contributed by atoms with Gasteiger partial charge in [0.25, 0.3) is 5.56 Å². The first-order valence-corrected chi connectivity index (χ1v) is 10.4. The first kappa shape index (κ1) is 21.4. The number of pyridine rings is 1. The van der Waals surface area contributed by atoms with E-state index in [9.17, 15) is 4.79 Å². The highest BCUT2D eigenvalue weighted by Gasteiger charge is 2.06. The lowest BCUT2D eigenvalue weighted by Crippen LogP contribution is -2.37. The van der Waals surface area contributed by atoms with E-state index in [1.807, 2.05) is 54.8 Å². The van der Waals surface area contributed by atoms with Crippen LogP contribution in [0, 0.1) is 6.92 Å². The molecule has 158 valence electrons. The molecule has 0 amide bonds. The van der Waals surface area contributed by atoms with Gasteiger partial charge in [0.05, 0.1) is 6.54 Å². The van der Waals surface area contributed by atoms with Gasteiger partial charge in [-0.2, -0.15) is 0 Å². The van der Waals surface area contributed by atoms with E-state index in [0.717, 1.165) is 55.4 Å². The molecule has 0 spiro atoms. The summed E-state index contributed by atoms with van der Waals surface area (Å²) in [6.07, 6.45) is 3.50. The van der Waals surface area contributed by atoms with Crippen LogP contribution in [-0.2, 0) is 13.1 Å². The quantitative estimate of drug-likeness (QED) is 0.323. The smallest absolute Gasteiger partial charge is 0.250 e. The van der Waals surface area contributed by atoms with Crippen molar-refractivity contribution in [3.8, 4) is 11.5 Å². The molecule has 0 fully saturated rings. The Kier molecular flexibility index (Phi) is 7.83. The standard InChI is InChI=1S/C23H29N5O2/c1-3-24-23(25-14-7-8-15-28-18(2)10-9-13-21(28)29)26-16-20-17-30-22(27-20)19-11-5-4-6-12-19/h4-6,9-13,17H,3,7-8,14-16H2,1-2H3,(H2,24,25,26). The summed E-state index contributed by atoms with van der Waals surface area (Å²) in [4.78, 5) is 21.0. The monoisotopic (exact) mass is 407 g/mol. The topological polar surface area (TPSA) is 84.4 Å². The number of aryl methyl sites for hydroxylation is 1. The van der Waals surface area contributed by atoms with Gasteiger partial charge in [0.1, 0.15) is 12.0 Å². The van der Waals surface area contributed by atoms with Gasteiger partial charge in [-0.3, -0.25) is 4.79 Å². The first-order valence-electron chi connectivity index (χ1n) is 10.4. The number of oxazole rings is 1. The zero-order valence-electron chi connectivity index (χ0n) is 17.6. The van der Waals surface area contributed by atoms with E-state index in [0.29, 0.717) is 12.4 Å². The van der Waals surface area contributed by atoms with Crippen LogP contribution in [0.5, 0.6) is 0 Å². The molecule has 3 aromatic rings. The van der Waals surface area contributed by atoms with Gasteiger partial charge < -0.3 is 19.6 Å². The lowest BCUT2D eigenvalue weighted by atomic mass is 10.2. The zero-order chi connectivity index (χ0) is 21.2. The van der Waals surface area contributed by atoms with Crippen LogP contribution in [0.2, 0.25) is 0 Å². The molecule has 2 N–H and O–H groups in total. The predicted molar refractivity (Wildman–Crippen MR) is 119 cm³/mol. The molecule has 2 heterocycles. The maximum absolute atomic E-state index is 11.9. The maximum Gasteiger partial charge on any atom is 0.250 e. The summed E-state index contributed by atoms with van der Waals surface area (Å²) in [6, 6.07) is 15.2. The SMILES string of the molecule is CCNC(=NCc1coc(-c2ccccc2)n1)NCCCCn1c(C)cccc1=O. The number of hydrogen-bond acceptors (Lipinski definition) is 4. The molecular formula is C23H29N5O2. The Morgan fingerprint density at radius 1 is 1.10 bits per heavy atom. The first-order chi connectivity index (χ1) is 14.7. The summed E-state index contributed by atoms with van der Waals surface area (Å²) in [6.45, 7) is 6.71. The number of guanidine groups is 1. The maximum atomic E-state index is 11.9. The van der Waals surface area contributed by atoms with E-state index in [2.05, 4.69) is 20.6 Å². The van der Waals surface area contributed by atoms with Crippen LogP contribution in [0.15, 0.2) is 69.0 Å². The molecule has 7 heteroatoms. The van der Waals surface area contributed by atoms with E-state index < -0.39 is 0 Å². The predicted octanol–water partition coefficient (Wildman–Crippen LogP) is 3.35.